The predicted octanol–water partition coefficient (Wildman–Crippen LogP) is 3.21. The Morgan fingerprint density at radius 3 is 2.32 bits per heavy atom. The lowest BCUT2D eigenvalue weighted by molar-refractivity contribution is 0.102. The SMILES string of the molecule is N#Cc1ccc(NC(=O)c2cnc(NCc3ccccc3)nc2)cc1. The van der Waals surface area contributed by atoms with E-state index in [2.05, 4.69) is 20.6 Å². The Kier molecular flexibility index (Phi) is 4.98. The van der Waals surface area contributed by atoms with E-state index >= 15 is 0 Å². The summed E-state index contributed by atoms with van der Waals surface area (Å²) < 4.78 is 0. The van der Waals surface area contributed by atoms with E-state index in [0.29, 0.717) is 29.3 Å². The van der Waals surface area contributed by atoms with Crippen molar-refractivity contribution in [2.24, 2.45) is 0 Å². The van der Waals surface area contributed by atoms with Gasteiger partial charge in [0, 0.05) is 24.6 Å². The van der Waals surface area contributed by atoms with Crippen LogP contribution in [0.3, 0.4) is 0 Å². The maximum atomic E-state index is 12.2. The van der Waals surface area contributed by atoms with Crippen molar-refractivity contribution in [2.75, 3.05) is 10.6 Å². The number of carbonyl (C=O) groups is 1. The van der Waals surface area contributed by atoms with Crippen LogP contribution >= 0.6 is 0 Å². The third-order valence-electron chi connectivity index (χ3n) is 3.48. The van der Waals surface area contributed by atoms with Crippen molar-refractivity contribution in [3.8, 4) is 6.07 Å². The highest BCUT2D eigenvalue weighted by Gasteiger charge is 2.08. The fraction of sp³-hybridized carbons (Fsp3) is 0.0526. The number of aromatic nitrogens is 2. The third kappa shape index (κ3) is 4.39. The highest BCUT2D eigenvalue weighted by molar-refractivity contribution is 6.03. The van der Waals surface area contributed by atoms with Crippen LogP contribution in [0.2, 0.25) is 0 Å². The Morgan fingerprint density at radius 2 is 1.68 bits per heavy atom. The van der Waals surface area contributed by atoms with E-state index in [1.54, 1.807) is 24.3 Å². The molecule has 2 N–H and O–H groups in total. The number of anilines is 2. The summed E-state index contributed by atoms with van der Waals surface area (Å²) in [6.07, 6.45) is 2.94. The molecule has 0 atom stereocenters. The van der Waals surface area contributed by atoms with Crippen LogP contribution in [-0.4, -0.2) is 15.9 Å². The summed E-state index contributed by atoms with van der Waals surface area (Å²) >= 11 is 0. The molecular formula is C19H15N5O. The standard InChI is InChI=1S/C19H15N5O/c20-10-14-6-8-17(9-7-14)24-18(25)16-12-22-19(23-13-16)21-11-15-4-2-1-3-5-15/h1-9,12-13H,11H2,(H,24,25)(H,21,22,23). The first kappa shape index (κ1) is 16.1. The second-order valence-corrected chi connectivity index (χ2v) is 5.28. The summed E-state index contributed by atoms with van der Waals surface area (Å²) in [5.41, 5.74) is 2.62. The van der Waals surface area contributed by atoms with E-state index in [1.165, 1.54) is 12.4 Å². The zero-order valence-electron chi connectivity index (χ0n) is 13.3. The van der Waals surface area contributed by atoms with Gasteiger partial charge in [-0.2, -0.15) is 5.26 Å². The van der Waals surface area contributed by atoms with Crippen LogP contribution in [0, 0.1) is 11.3 Å². The van der Waals surface area contributed by atoms with E-state index in [4.69, 9.17) is 5.26 Å². The molecule has 3 aromatic rings. The number of benzene rings is 2. The van der Waals surface area contributed by atoms with Crippen LogP contribution in [0.5, 0.6) is 0 Å². The number of nitrogens with zero attached hydrogens (tertiary/aromatic N) is 3. The molecule has 0 saturated heterocycles. The van der Waals surface area contributed by atoms with Crippen molar-refractivity contribution >= 4 is 17.5 Å². The molecule has 0 aliphatic rings. The summed E-state index contributed by atoms with van der Waals surface area (Å²) in [5.74, 6) is 0.151. The summed E-state index contributed by atoms with van der Waals surface area (Å²) in [6, 6.07) is 18.6. The second kappa shape index (κ2) is 7.70. The zero-order chi connectivity index (χ0) is 17.5. The molecule has 0 bridgehead atoms. The summed E-state index contributed by atoms with van der Waals surface area (Å²) in [6.45, 7) is 0.609. The van der Waals surface area contributed by atoms with E-state index in [1.807, 2.05) is 36.4 Å². The highest BCUT2D eigenvalue weighted by atomic mass is 16.1. The minimum atomic E-state index is -0.306. The zero-order valence-corrected chi connectivity index (χ0v) is 13.3. The molecule has 3 rings (SSSR count). The van der Waals surface area contributed by atoms with Gasteiger partial charge in [0.05, 0.1) is 17.2 Å². The first-order chi connectivity index (χ1) is 12.2. The van der Waals surface area contributed by atoms with E-state index < -0.39 is 0 Å². The number of amides is 1. The minimum Gasteiger partial charge on any atom is -0.350 e. The number of carbonyl (C=O) groups excluding carboxylic acids is 1. The molecule has 1 aromatic heterocycles. The number of nitrogens with one attached hydrogen (secondary N) is 2. The molecule has 0 unspecified atom stereocenters. The van der Waals surface area contributed by atoms with Crippen LogP contribution in [0.1, 0.15) is 21.5 Å². The molecule has 0 radical (unpaired) electrons. The molecule has 25 heavy (non-hydrogen) atoms. The van der Waals surface area contributed by atoms with Gasteiger partial charge in [0.15, 0.2) is 0 Å². The van der Waals surface area contributed by atoms with Gasteiger partial charge in [-0.05, 0) is 29.8 Å². The molecule has 0 aliphatic heterocycles. The normalized spacial score (nSPS) is 9.88. The van der Waals surface area contributed by atoms with Gasteiger partial charge in [0.1, 0.15) is 0 Å². The minimum absolute atomic E-state index is 0.306. The van der Waals surface area contributed by atoms with E-state index in [0.717, 1.165) is 5.56 Å². The average Bonchev–Trinajstić information content (AvgIpc) is 2.68. The Labute approximate surface area is 145 Å². The van der Waals surface area contributed by atoms with Crippen molar-refractivity contribution < 1.29 is 4.79 Å². The van der Waals surface area contributed by atoms with Crippen molar-refractivity contribution in [3.63, 3.8) is 0 Å². The first-order valence-corrected chi connectivity index (χ1v) is 7.66. The molecule has 0 saturated carbocycles. The smallest absolute Gasteiger partial charge is 0.258 e. The fourth-order valence-electron chi connectivity index (χ4n) is 2.14. The molecule has 122 valence electrons. The largest absolute Gasteiger partial charge is 0.350 e. The second-order valence-electron chi connectivity index (χ2n) is 5.28. The third-order valence-corrected chi connectivity index (χ3v) is 3.48. The molecule has 0 fully saturated rings. The van der Waals surface area contributed by atoms with Gasteiger partial charge in [0.25, 0.3) is 5.91 Å². The highest BCUT2D eigenvalue weighted by Crippen LogP contribution is 2.11. The predicted molar refractivity (Wildman–Crippen MR) is 94.9 cm³/mol. The van der Waals surface area contributed by atoms with Crippen molar-refractivity contribution in [1.82, 2.24) is 9.97 Å². The van der Waals surface area contributed by atoms with Gasteiger partial charge in [-0.15, -0.1) is 0 Å². The Balaban J connectivity index is 1.59. The van der Waals surface area contributed by atoms with Crippen molar-refractivity contribution in [2.45, 2.75) is 6.54 Å². The monoisotopic (exact) mass is 329 g/mol. The molecule has 6 heteroatoms. The maximum Gasteiger partial charge on any atom is 0.258 e. The van der Waals surface area contributed by atoms with Crippen LogP contribution in [0.25, 0.3) is 0 Å². The summed E-state index contributed by atoms with van der Waals surface area (Å²) in [4.78, 5) is 20.5. The molecule has 6 nitrogen and oxygen atoms in total. The van der Waals surface area contributed by atoms with Crippen molar-refractivity contribution in [1.29, 1.82) is 5.26 Å². The Bertz CT molecular complexity index is 884. The quantitative estimate of drug-likeness (QED) is 0.750. The Morgan fingerprint density at radius 1 is 1.00 bits per heavy atom. The number of rotatable bonds is 5. The van der Waals surface area contributed by atoms with Gasteiger partial charge in [-0.25, -0.2) is 9.97 Å². The first-order valence-electron chi connectivity index (χ1n) is 7.66. The Hall–Kier alpha value is -3.72. The number of nitriles is 1. The van der Waals surface area contributed by atoms with Gasteiger partial charge in [0.2, 0.25) is 5.95 Å². The summed E-state index contributed by atoms with van der Waals surface area (Å²) in [7, 11) is 0. The van der Waals surface area contributed by atoms with Gasteiger partial charge in [-0.3, -0.25) is 4.79 Å². The molecule has 1 heterocycles. The molecule has 1 amide bonds. The van der Waals surface area contributed by atoms with Crippen LogP contribution in [-0.2, 0) is 6.54 Å². The van der Waals surface area contributed by atoms with E-state index in [9.17, 15) is 4.79 Å². The van der Waals surface area contributed by atoms with E-state index in [-0.39, 0.29) is 5.91 Å². The summed E-state index contributed by atoms with van der Waals surface area (Å²) in [5, 5.41) is 14.6. The average molecular weight is 329 g/mol. The molecule has 0 spiro atoms. The lowest BCUT2D eigenvalue weighted by Crippen LogP contribution is -2.13. The lowest BCUT2D eigenvalue weighted by Gasteiger charge is -2.07. The number of hydrogen-bond donors (Lipinski definition) is 2. The maximum absolute atomic E-state index is 12.2. The van der Waals surface area contributed by atoms with Gasteiger partial charge < -0.3 is 10.6 Å². The van der Waals surface area contributed by atoms with Crippen LogP contribution in [0.4, 0.5) is 11.6 Å². The topological polar surface area (TPSA) is 90.7 Å². The van der Waals surface area contributed by atoms with Gasteiger partial charge in [-0.1, -0.05) is 30.3 Å². The van der Waals surface area contributed by atoms with Crippen molar-refractivity contribution in [3.05, 3.63) is 83.7 Å². The molecule has 0 aliphatic carbocycles. The lowest BCUT2D eigenvalue weighted by atomic mass is 10.2. The fourth-order valence-corrected chi connectivity index (χ4v) is 2.14. The number of hydrogen-bond acceptors (Lipinski definition) is 5. The molecular weight excluding hydrogens is 314 g/mol. The van der Waals surface area contributed by atoms with Gasteiger partial charge >= 0.3 is 0 Å². The van der Waals surface area contributed by atoms with Crippen LogP contribution < -0.4 is 10.6 Å². The van der Waals surface area contributed by atoms with Crippen LogP contribution in [0.15, 0.2) is 67.0 Å². The molecule has 2 aromatic carbocycles.